The number of nitrogens with zero attached hydrogens (tertiary/aromatic N) is 1. The molecule has 0 fully saturated rings. The lowest BCUT2D eigenvalue weighted by Crippen LogP contribution is -2.43. The van der Waals surface area contributed by atoms with E-state index in [1.807, 2.05) is 19.1 Å². The largest absolute Gasteiger partial charge is 0.449 e. The van der Waals surface area contributed by atoms with Crippen LogP contribution in [0.15, 0.2) is 18.2 Å². The van der Waals surface area contributed by atoms with Gasteiger partial charge < -0.3 is 10.1 Å². The summed E-state index contributed by atoms with van der Waals surface area (Å²) in [6.07, 6.45) is 9.63. The van der Waals surface area contributed by atoms with E-state index in [0.717, 1.165) is 30.8 Å². The van der Waals surface area contributed by atoms with E-state index in [2.05, 4.69) is 31.3 Å². The molecule has 112 valence electrons. The average molecular weight is 286 g/mol. The Balaban J connectivity index is 2.25. The quantitative estimate of drug-likeness (QED) is 0.863. The maximum absolute atomic E-state index is 12.4. The van der Waals surface area contributed by atoms with Gasteiger partial charge in [0.15, 0.2) is 0 Å². The van der Waals surface area contributed by atoms with Crippen molar-refractivity contribution >= 4 is 12.2 Å². The first-order valence-electron chi connectivity index (χ1n) is 7.58. The molecule has 1 aromatic heterocycles. The van der Waals surface area contributed by atoms with Crippen molar-refractivity contribution in [2.45, 2.75) is 39.2 Å². The first kappa shape index (κ1) is 14.1. The van der Waals surface area contributed by atoms with E-state index in [9.17, 15) is 4.79 Å². The minimum Gasteiger partial charge on any atom is -0.449 e. The third-order valence-electron chi connectivity index (χ3n) is 4.23. The van der Waals surface area contributed by atoms with Crippen LogP contribution in [-0.4, -0.2) is 23.8 Å². The fourth-order valence-corrected chi connectivity index (χ4v) is 3.41. The molecule has 2 heterocycles. The van der Waals surface area contributed by atoms with E-state index < -0.39 is 0 Å². The van der Waals surface area contributed by atoms with Crippen LogP contribution in [0.5, 0.6) is 0 Å². The Labute approximate surface area is 125 Å². The molecule has 0 spiro atoms. The summed E-state index contributed by atoms with van der Waals surface area (Å²) in [6.45, 7) is 7.47. The van der Waals surface area contributed by atoms with Crippen LogP contribution < -0.4 is 5.32 Å². The molecular weight excluding hydrogens is 264 g/mol. The molecule has 0 saturated carbocycles. The molecule has 21 heavy (non-hydrogen) atoms. The van der Waals surface area contributed by atoms with Crippen LogP contribution in [-0.2, 0) is 23.1 Å². The second kappa shape index (κ2) is 5.19. The number of fused-ring (bicyclic) bond motifs is 3. The second-order valence-electron chi connectivity index (χ2n) is 6.01. The van der Waals surface area contributed by atoms with Gasteiger partial charge in [0.1, 0.15) is 0 Å². The number of ether oxygens (including phenoxy) is 1. The van der Waals surface area contributed by atoms with Gasteiger partial charge >= 0.3 is 6.09 Å². The SMILES string of the molecule is CCOC(=O)n1c2c(c3c1CCNC3(C)C)C=CC=CC2. The van der Waals surface area contributed by atoms with Gasteiger partial charge in [-0.2, -0.15) is 0 Å². The molecule has 4 heteroatoms. The molecule has 1 aliphatic heterocycles. The smallest absolute Gasteiger partial charge is 0.418 e. The van der Waals surface area contributed by atoms with Crippen molar-refractivity contribution in [1.29, 1.82) is 0 Å². The predicted molar refractivity (Wildman–Crippen MR) is 83.5 cm³/mol. The summed E-state index contributed by atoms with van der Waals surface area (Å²) in [5.74, 6) is 0. The second-order valence-corrected chi connectivity index (χ2v) is 6.01. The zero-order valence-corrected chi connectivity index (χ0v) is 12.9. The number of aromatic nitrogens is 1. The molecule has 1 aliphatic carbocycles. The van der Waals surface area contributed by atoms with Crippen molar-refractivity contribution in [3.8, 4) is 0 Å². The lowest BCUT2D eigenvalue weighted by Gasteiger charge is -2.33. The summed E-state index contributed by atoms with van der Waals surface area (Å²) < 4.78 is 7.09. The molecule has 0 saturated heterocycles. The normalized spacial score (nSPS) is 18.8. The minimum atomic E-state index is -0.253. The topological polar surface area (TPSA) is 43.3 Å². The molecule has 0 radical (unpaired) electrons. The van der Waals surface area contributed by atoms with Gasteiger partial charge in [0.05, 0.1) is 6.61 Å². The monoisotopic (exact) mass is 286 g/mol. The Morgan fingerprint density at radius 1 is 1.38 bits per heavy atom. The van der Waals surface area contributed by atoms with Crippen LogP contribution in [0.3, 0.4) is 0 Å². The first-order chi connectivity index (χ1) is 10.1. The fourth-order valence-electron chi connectivity index (χ4n) is 3.41. The van der Waals surface area contributed by atoms with Crippen molar-refractivity contribution in [2.75, 3.05) is 13.2 Å². The first-order valence-corrected chi connectivity index (χ1v) is 7.58. The zero-order valence-electron chi connectivity index (χ0n) is 12.9. The van der Waals surface area contributed by atoms with Gasteiger partial charge in [-0.25, -0.2) is 4.79 Å². The number of hydrogen-bond donors (Lipinski definition) is 1. The molecule has 0 atom stereocenters. The highest BCUT2D eigenvalue weighted by Gasteiger charge is 2.36. The van der Waals surface area contributed by atoms with Crippen LogP contribution in [0, 0.1) is 0 Å². The number of nitrogens with one attached hydrogen (secondary N) is 1. The predicted octanol–water partition coefficient (Wildman–Crippen LogP) is 3.00. The highest BCUT2D eigenvalue weighted by atomic mass is 16.5. The van der Waals surface area contributed by atoms with Crippen molar-refractivity contribution < 1.29 is 9.53 Å². The average Bonchev–Trinajstić information content (AvgIpc) is 2.57. The van der Waals surface area contributed by atoms with Gasteiger partial charge in [0.2, 0.25) is 0 Å². The molecule has 1 N–H and O–H groups in total. The van der Waals surface area contributed by atoms with Crippen LogP contribution in [0.25, 0.3) is 6.08 Å². The maximum atomic E-state index is 12.4. The Morgan fingerprint density at radius 3 is 2.95 bits per heavy atom. The molecular formula is C17H22N2O2. The Bertz CT molecular complexity index is 636. The van der Waals surface area contributed by atoms with E-state index in [4.69, 9.17) is 4.74 Å². The van der Waals surface area contributed by atoms with Crippen molar-refractivity contribution in [3.63, 3.8) is 0 Å². The van der Waals surface area contributed by atoms with E-state index in [1.165, 1.54) is 11.1 Å². The van der Waals surface area contributed by atoms with Crippen molar-refractivity contribution in [1.82, 2.24) is 9.88 Å². The summed E-state index contributed by atoms with van der Waals surface area (Å²) in [4.78, 5) is 12.4. The summed E-state index contributed by atoms with van der Waals surface area (Å²) in [5, 5.41) is 3.55. The third kappa shape index (κ3) is 2.23. The molecule has 0 aromatic carbocycles. The number of carbonyl (C=O) groups excluding carboxylic acids is 1. The number of rotatable bonds is 1. The van der Waals surface area contributed by atoms with Gasteiger partial charge in [0, 0.05) is 47.4 Å². The highest BCUT2D eigenvalue weighted by molar-refractivity contribution is 5.78. The molecule has 2 aliphatic rings. The van der Waals surface area contributed by atoms with Gasteiger partial charge in [-0.3, -0.25) is 4.57 Å². The van der Waals surface area contributed by atoms with Gasteiger partial charge in [-0.15, -0.1) is 0 Å². The summed E-state index contributed by atoms with van der Waals surface area (Å²) in [7, 11) is 0. The van der Waals surface area contributed by atoms with Gasteiger partial charge in [-0.1, -0.05) is 24.3 Å². The number of allylic oxidation sites excluding steroid dienone is 3. The molecule has 1 aromatic rings. The zero-order chi connectivity index (χ0) is 15.0. The highest BCUT2D eigenvalue weighted by Crippen LogP contribution is 2.37. The van der Waals surface area contributed by atoms with Crippen LogP contribution in [0.4, 0.5) is 4.79 Å². The molecule has 3 rings (SSSR count). The standard InChI is InChI=1S/C17H22N2O2/c1-4-21-16(20)19-13-9-7-5-6-8-12(13)15-14(19)10-11-18-17(15,2)3/h5-8,18H,4,9-11H2,1-3H3. The summed E-state index contributed by atoms with van der Waals surface area (Å²) in [5.41, 5.74) is 4.41. The maximum Gasteiger partial charge on any atom is 0.418 e. The van der Waals surface area contributed by atoms with Gasteiger partial charge in [-0.05, 0) is 20.8 Å². The van der Waals surface area contributed by atoms with Crippen LogP contribution in [0.2, 0.25) is 0 Å². The van der Waals surface area contributed by atoms with E-state index >= 15 is 0 Å². The molecule has 0 amide bonds. The minimum absolute atomic E-state index is 0.135. The fraction of sp³-hybridized carbons (Fsp3) is 0.471. The molecule has 4 nitrogen and oxygen atoms in total. The van der Waals surface area contributed by atoms with Crippen LogP contribution >= 0.6 is 0 Å². The third-order valence-corrected chi connectivity index (χ3v) is 4.23. The number of carbonyl (C=O) groups is 1. The van der Waals surface area contributed by atoms with E-state index in [1.54, 1.807) is 4.57 Å². The number of hydrogen-bond acceptors (Lipinski definition) is 3. The van der Waals surface area contributed by atoms with E-state index in [0.29, 0.717) is 6.61 Å². The van der Waals surface area contributed by atoms with Crippen molar-refractivity contribution in [2.24, 2.45) is 0 Å². The van der Waals surface area contributed by atoms with Crippen LogP contribution in [0.1, 0.15) is 43.3 Å². The lowest BCUT2D eigenvalue weighted by molar-refractivity contribution is 0.152. The van der Waals surface area contributed by atoms with Gasteiger partial charge in [0.25, 0.3) is 0 Å². The Morgan fingerprint density at radius 2 is 2.19 bits per heavy atom. The molecule has 0 unspecified atom stereocenters. The summed E-state index contributed by atoms with van der Waals surface area (Å²) in [6, 6.07) is 0. The van der Waals surface area contributed by atoms with E-state index in [-0.39, 0.29) is 11.6 Å². The lowest BCUT2D eigenvalue weighted by atomic mass is 9.86. The Hall–Kier alpha value is -1.81. The molecule has 0 bridgehead atoms. The van der Waals surface area contributed by atoms with Crippen molar-refractivity contribution in [3.05, 3.63) is 40.7 Å². The summed E-state index contributed by atoms with van der Waals surface area (Å²) >= 11 is 0. The Kier molecular flexibility index (Phi) is 3.49.